The van der Waals surface area contributed by atoms with Crippen LogP contribution in [0.3, 0.4) is 0 Å². The van der Waals surface area contributed by atoms with Gasteiger partial charge < -0.3 is 30.7 Å². The van der Waals surface area contributed by atoms with Crippen molar-refractivity contribution in [1.82, 2.24) is 15.5 Å². The summed E-state index contributed by atoms with van der Waals surface area (Å²) in [5.74, 6) is -2.48. The summed E-state index contributed by atoms with van der Waals surface area (Å²) in [5, 5.41) is 5.44. The second-order valence-electron chi connectivity index (χ2n) is 13.3. The van der Waals surface area contributed by atoms with Gasteiger partial charge in [-0.3, -0.25) is 14.4 Å². The zero-order valence-electron chi connectivity index (χ0n) is 28.3. The highest BCUT2D eigenvalue weighted by molar-refractivity contribution is 5.94. The predicted molar refractivity (Wildman–Crippen MR) is 175 cm³/mol. The molecule has 46 heavy (non-hydrogen) atoms. The Morgan fingerprint density at radius 1 is 0.848 bits per heavy atom. The van der Waals surface area contributed by atoms with Gasteiger partial charge in [0.1, 0.15) is 29.3 Å². The molecule has 2 aromatic carbocycles. The first-order valence-electron chi connectivity index (χ1n) is 15.6. The van der Waals surface area contributed by atoms with E-state index in [4.69, 9.17) is 15.2 Å². The van der Waals surface area contributed by atoms with Crippen LogP contribution < -0.4 is 16.4 Å². The van der Waals surface area contributed by atoms with E-state index >= 15 is 0 Å². The lowest BCUT2D eigenvalue weighted by molar-refractivity contribution is -0.159. The van der Waals surface area contributed by atoms with Crippen molar-refractivity contribution in [3.8, 4) is 0 Å². The van der Waals surface area contributed by atoms with E-state index in [9.17, 15) is 24.0 Å². The van der Waals surface area contributed by atoms with E-state index in [0.29, 0.717) is 12.0 Å². The van der Waals surface area contributed by atoms with Crippen LogP contribution in [0.2, 0.25) is 0 Å². The smallest absolute Gasteiger partial charge is 0.408 e. The van der Waals surface area contributed by atoms with Crippen LogP contribution in [0.15, 0.2) is 54.6 Å². The molecule has 0 heterocycles. The molecule has 11 heteroatoms. The monoisotopic (exact) mass is 638 g/mol. The molecule has 2 aromatic rings. The Morgan fingerprint density at radius 2 is 1.48 bits per heavy atom. The summed E-state index contributed by atoms with van der Waals surface area (Å²) < 4.78 is 11.1. The number of carbonyl (C=O) groups excluding carboxylic acids is 5. The molecule has 0 aliphatic rings. The van der Waals surface area contributed by atoms with Gasteiger partial charge in [0, 0.05) is 19.4 Å². The average Bonchev–Trinajstić information content (AvgIpc) is 2.93. The maximum absolute atomic E-state index is 14.3. The average molecular weight is 639 g/mol. The molecule has 0 fully saturated rings. The normalized spacial score (nSPS) is 13.5. The minimum absolute atomic E-state index is 0.107. The number of nitrogens with two attached hydrogens (primary N) is 1. The molecule has 0 spiro atoms. The number of aryl methyl sites for hydroxylation is 1. The lowest BCUT2D eigenvalue weighted by Crippen LogP contribution is -2.55. The first kappa shape index (κ1) is 37.8. The van der Waals surface area contributed by atoms with Gasteiger partial charge in [0.05, 0.1) is 0 Å². The van der Waals surface area contributed by atoms with Crippen molar-refractivity contribution < 1.29 is 33.4 Å². The van der Waals surface area contributed by atoms with Gasteiger partial charge in [0.15, 0.2) is 0 Å². The molecule has 4 amide bonds. The Kier molecular flexibility index (Phi) is 13.8. The lowest BCUT2D eigenvalue weighted by Gasteiger charge is -2.35. The summed E-state index contributed by atoms with van der Waals surface area (Å²) in [6, 6.07) is 12.9. The molecule has 0 aliphatic carbocycles. The van der Waals surface area contributed by atoms with Gasteiger partial charge >= 0.3 is 12.1 Å². The van der Waals surface area contributed by atoms with Crippen molar-refractivity contribution in [3.63, 3.8) is 0 Å². The molecule has 0 bridgehead atoms. The third-order valence-corrected chi connectivity index (χ3v) is 6.62. The maximum Gasteiger partial charge on any atom is 0.408 e. The van der Waals surface area contributed by atoms with Crippen LogP contribution in [0.5, 0.6) is 0 Å². The Labute approximate surface area is 272 Å². The second kappa shape index (κ2) is 16.8. The highest BCUT2D eigenvalue weighted by atomic mass is 16.6. The van der Waals surface area contributed by atoms with Gasteiger partial charge in [0.2, 0.25) is 17.7 Å². The van der Waals surface area contributed by atoms with E-state index in [-0.39, 0.29) is 25.8 Å². The van der Waals surface area contributed by atoms with E-state index in [2.05, 4.69) is 10.6 Å². The molecule has 11 nitrogen and oxygen atoms in total. The van der Waals surface area contributed by atoms with E-state index in [0.717, 1.165) is 11.1 Å². The molecule has 2 rings (SSSR count). The third-order valence-electron chi connectivity index (χ3n) is 6.62. The van der Waals surface area contributed by atoms with Crippen LogP contribution in [-0.4, -0.2) is 64.5 Å². The molecule has 0 saturated carbocycles. The maximum atomic E-state index is 14.3. The number of hydrogen-bond acceptors (Lipinski definition) is 7. The number of benzene rings is 2. The zero-order chi connectivity index (χ0) is 34.7. The van der Waals surface area contributed by atoms with Crippen molar-refractivity contribution in [2.45, 2.75) is 110 Å². The largest absolute Gasteiger partial charge is 0.458 e. The van der Waals surface area contributed by atoms with E-state index in [1.54, 1.807) is 59.7 Å². The first-order chi connectivity index (χ1) is 21.4. The number of amides is 4. The van der Waals surface area contributed by atoms with Gasteiger partial charge in [-0.05, 0) is 72.4 Å². The number of ether oxygens (including phenoxy) is 2. The van der Waals surface area contributed by atoms with Crippen molar-refractivity contribution in [2.24, 2.45) is 5.73 Å². The quantitative estimate of drug-likeness (QED) is 0.257. The molecule has 0 radical (unpaired) electrons. The second-order valence-corrected chi connectivity index (χ2v) is 13.3. The van der Waals surface area contributed by atoms with E-state index in [1.807, 2.05) is 50.2 Å². The summed E-state index contributed by atoms with van der Waals surface area (Å²) in [6.07, 6.45) is -0.521. The predicted octanol–water partition coefficient (Wildman–Crippen LogP) is 4.50. The fraction of sp³-hybridized carbons (Fsp3) is 0.514. The van der Waals surface area contributed by atoms with Crippen molar-refractivity contribution in [3.05, 3.63) is 71.3 Å². The van der Waals surface area contributed by atoms with Gasteiger partial charge in [-0.25, -0.2) is 9.59 Å². The first-order valence-corrected chi connectivity index (χ1v) is 15.6. The Bertz CT molecular complexity index is 1350. The van der Waals surface area contributed by atoms with Crippen LogP contribution in [0.25, 0.3) is 0 Å². The molecule has 3 unspecified atom stereocenters. The number of alkyl carbamates (subject to hydrolysis) is 1. The van der Waals surface area contributed by atoms with Crippen LogP contribution in [0.4, 0.5) is 4.79 Å². The Balaban J connectivity index is 2.58. The summed E-state index contributed by atoms with van der Waals surface area (Å²) in [6.45, 7) is 14.1. The van der Waals surface area contributed by atoms with Crippen molar-refractivity contribution in [1.29, 1.82) is 0 Å². The molecule has 0 aromatic heterocycles. The van der Waals surface area contributed by atoms with E-state index in [1.165, 1.54) is 4.90 Å². The standard InChI is InChI=1S/C35H50N4O7/c1-9-20-39(31(42)26(18-19-28(36)40)38-33(44)46-35(6,7)8)29(25-17-13-14-23(2)21-25)30(41)37-27(32(43)45-34(3,4)5)22-24-15-11-10-12-16-24/h10-17,21,26-27,29H,9,18-20,22H2,1-8H3,(H2,36,40)(H,37,41)(H,38,44). The van der Waals surface area contributed by atoms with Crippen molar-refractivity contribution >= 4 is 29.8 Å². The number of primary amides is 1. The molecule has 3 atom stereocenters. The van der Waals surface area contributed by atoms with Gasteiger partial charge in [-0.2, -0.15) is 0 Å². The van der Waals surface area contributed by atoms with E-state index < -0.39 is 59.1 Å². The zero-order valence-corrected chi connectivity index (χ0v) is 28.3. The molecular weight excluding hydrogens is 588 g/mol. The number of nitrogens with one attached hydrogen (secondary N) is 2. The number of carbonyl (C=O) groups is 5. The number of esters is 1. The molecule has 0 aliphatic heterocycles. The van der Waals surface area contributed by atoms with Crippen LogP contribution in [-0.2, 0) is 35.1 Å². The minimum Gasteiger partial charge on any atom is -0.458 e. The minimum atomic E-state index is -1.22. The molecular formula is C35H50N4O7. The number of nitrogens with zero attached hydrogens (tertiary/aromatic N) is 1. The lowest BCUT2D eigenvalue weighted by atomic mass is 9.98. The van der Waals surface area contributed by atoms with Crippen molar-refractivity contribution in [2.75, 3.05) is 6.54 Å². The third kappa shape index (κ3) is 12.9. The number of rotatable bonds is 14. The fourth-order valence-corrected chi connectivity index (χ4v) is 4.78. The van der Waals surface area contributed by atoms with Gasteiger partial charge in [-0.15, -0.1) is 0 Å². The molecule has 252 valence electrons. The Hall–Kier alpha value is -4.41. The Morgan fingerprint density at radius 3 is 2.02 bits per heavy atom. The highest BCUT2D eigenvalue weighted by Crippen LogP contribution is 2.25. The molecule has 0 saturated heterocycles. The fourth-order valence-electron chi connectivity index (χ4n) is 4.78. The van der Waals surface area contributed by atoms with Gasteiger partial charge in [-0.1, -0.05) is 67.1 Å². The summed E-state index contributed by atoms with van der Waals surface area (Å²) in [5.41, 5.74) is 5.91. The van der Waals surface area contributed by atoms with Gasteiger partial charge in [0.25, 0.3) is 0 Å². The topological polar surface area (TPSA) is 157 Å². The number of hydrogen-bond donors (Lipinski definition) is 3. The van der Waals surface area contributed by atoms with Crippen LogP contribution >= 0.6 is 0 Å². The summed E-state index contributed by atoms with van der Waals surface area (Å²) >= 11 is 0. The highest BCUT2D eigenvalue weighted by Gasteiger charge is 2.38. The SMILES string of the molecule is CCCN(C(=O)C(CCC(N)=O)NC(=O)OC(C)(C)C)C(C(=O)NC(Cc1ccccc1)C(=O)OC(C)(C)C)c1cccc(C)c1. The molecule has 4 N–H and O–H groups in total. The summed E-state index contributed by atoms with van der Waals surface area (Å²) in [4.78, 5) is 67.9. The van der Waals surface area contributed by atoms with Crippen LogP contribution in [0.1, 0.15) is 90.5 Å². The van der Waals surface area contributed by atoms with Crippen LogP contribution in [0, 0.1) is 6.92 Å². The summed E-state index contributed by atoms with van der Waals surface area (Å²) in [7, 11) is 0.